The molecule has 0 saturated heterocycles. The Morgan fingerprint density at radius 1 is 1.35 bits per heavy atom. The van der Waals surface area contributed by atoms with Crippen molar-refractivity contribution in [3.05, 3.63) is 32.3 Å². The van der Waals surface area contributed by atoms with Gasteiger partial charge in [0.15, 0.2) is 0 Å². The average molecular weight is 342 g/mol. The number of carbonyl (C=O) groups is 1. The molecule has 0 bridgehead atoms. The lowest BCUT2D eigenvalue weighted by Gasteiger charge is -2.21. The molecule has 0 atom stereocenters. The van der Waals surface area contributed by atoms with Gasteiger partial charge in [-0.15, -0.1) is 0 Å². The van der Waals surface area contributed by atoms with E-state index in [1.54, 1.807) is 0 Å². The molecule has 0 radical (unpaired) electrons. The number of halogens is 1. The van der Waals surface area contributed by atoms with Crippen LogP contribution < -0.4 is 4.74 Å². The molecule has 6 heteroatoms. The lowest BCUT2D eigenvalue weighted by atomic mass is 9.90. The second kappa shape index (κ2) is 6.83. The van der Waals surface area contributed by atoms with Crippen LogP contribution in [0.5, 0.6) is 5.75 Å². The van der Waals surface area contributed by atoms with E-state index in [2.05, 4.69) is 15.9 Å². The summed E-state index contributed by atoms with van der Waals surface area (Å²) >= 11 is 3.24. The highest BCUT2D eigenvalue weighted by atomic mass is 79.9. The summed E-state index contributed by atoms with van der Waals surface area (Å²) < 4.78 is 6.11. The Kier molecular flexibility index (Phi) is 5.11. The number of hydrogen-bond donors (Lipinski definition) is 0. The van der Waals surface area contributed by atoms with Crippen LogP contribution in [0.15, 0.2) is 16.6 Å². The molecule has 5 nitrogen and oxygen atoms in total. The molecule has 1 aromatic rings. The number of nitrogens with zero attached hydrogens (tertiary/aromatic N) is 1. The Morgan fingerprint density at radius 2 is 2.05 bits per heavy atom. The van der Waals surface area contributed by atoms with Gasteiger partial charge in [0.25, 0.3) is 0 Å². The first-order valence-electron chi connectivity index (χ1n) is 6.67. The van der Waals surface area contributed by atoms with E-state index in [1.165, 1.54) is 31.4 Å². The Bertz CT molecular complexity index is 512. The third-order valence-electron chi connectivity index (χ3n) is 3.57. The van der Waals surface area contributed by atoms with Gasteiger partial charge in [-0.1, -0.05) is 19.3 Å². The van der Waals surface area contributed by atoms with Gasteiger partial charge in [-0.2, -0.15) is 0 Å². The van der Waals surface area contributed by atoms with E-state index in [4.69, 9.17) is 4.74 Å². The maximum absolute atomic E-state index is 11.1. The predicted octanol–water partition coefficient (Wildman–Crippen LogP) is 4.13. The third kappa shape index (κ3) is 3.56. The standard InChI is InChI=1S/C14H16BrNO4/c15-12-6-11(8-17)7-13(16(18)19)14(12)20-9-10-4-2-1-3-5-10/h6-8,10H,1-5,9H2. The van der Waals surface area contributed by atoms with Gasteiger partial charge in [0.1, 0.15) is 6.29 Å². The van der Waals surface area contributed by atoms with Crippen LogP contribution in [0.2, 0.25) is 0 Å². The molecule has 0 unspecified atom stereocenters. The summed E-state index contributed by atoms with van der Waals surface area (Å²) in [4.78, 5) is 21.3. The van der Waals surface area contributed by atoms with Crippen molar-refractivity contribution >= 4 is 27.9 Å². The molecule has 0 spiro atoms. The topological polar surface area (TPSA) is 69.4 Å². The fourth-order valence-corrected chi connectivity index (χ4v) is 3.08. The molecule has 108 valence electrons. The molecular formula is C14H16BrNO4. The zero-order valence-electron chi connectivity index (χ0n) is 11.0. The lowest BCUT2D eigenvalue weighted by Crippen LogP contribution is -2.16. The molecule has 1 aliphatic rings. The fourth-order valence-electron chi connectivity index (χ4n) is 2.50. The van der Waals surface area contributed by atoms with Gasteiger partial charge in [0.2, 0.25) is 5.75 Å². The SMILES string of the molecule is O=Cc1cc(Br)c(OCC2CCCCC2)c([N+](=O)[O-])c1. The van der Waals surface area contributed by atoms with E-state index in [0.29, 0.717) is 23.3 Å². The Morgan fingerprint density at radius 3 is 2.65 bits per heavy atom. The van der Waals surface area contributed by atoms with E-state index in [0.717, 1.165) is 12.8 Å². The fraction of sp³-hybridized carbons (Fsp3) is 0.500. The summed E-state index contributed by atoms with van der Waals surface area (Å²) in [5.41, 5.74) is 0.0888. The van der Waals surface area contributed by atoms with Crippen LogP contribution in [0, 0.1) is 16.0 Å². The van der Waals surface area contributed by atoms with E-state index < -0.39 is 4.92 Å². The van der Waals surface area contributed by atoms with Crippen LogP contribution >= 0.6 is 15.9 Å². The highest BCUT2D eigenvalue weighted by Crippen LogP contribution is 2.37. The Balaban J connectivity index is 2.16. The molecule has 0 amide bonds. The van der Waals surface area contributed by atoms with Crippen molar-refractivity contribution in [2.75, 3.05) is 6.61 Å². The zero-order chi connectivity index (χ0) is 14.5. The molecule has 0 aliphatic heterocycles. The average Bonchev–Trinajstić information content (AvgIpc) is 2.46. The highest BCUT2D eigenvalue weighted by Gasteiger charge is 2.22. The van der Waals surface area contributed by atoms with Crippen molar-refractivity contribution in [3.63, 3.8) is 0 Å². The van der Waals surface area contributed by atoms with Crippen molar-refractivity contribution in [1.82, 2.24) is 0 Å². The first-order valence-corrected chi connectivity index (χ1v) is 7.47. The maximum atomic E-state index is 11.1. The molecular weight excluding hydrogens is 326 g/mol. The van der Waals surface area contributed by atoms with Gasteiger partial charge in [-0.3, -0.25) is 14.9 Å². The zero-order valence-corrected chi connectivity index (χ0v) is 12.6. The van der Waals surface area contributed by atoms with Crippen LogP contribution in [-0.4, -0.2) is 17.8 Å². The second-order valence-corrected chi connectivity index (χ2v) is 5.90. The maximum Gasteiger partial charge on any atom is 0.312 e. The third-order valence-corrected chi connectivity index (χ3v) is 4.16. The smallest absolute Gasteiger partial charge is 0.312 e. The summed E-state index contributed by atoms with van der Waals surface area (Å²) in [6.07, 6.45) is 6.45. The summed E-state index contributed by atoms with van der Waals surface area (Å²) in [6, 6.07) is 2.78. The van der Waals surface area contributed by atoms with Gasteiger partial charge >= 0.3 is 5.69 Å². The number of nitro benzene ring substituents is 1. The highest BCUT2D eigenvalue weighted by molar-refractivity contribution is 9.10. The summed E-state index contributed by atoms with van der Waals surface area (Å²) in [5, 5.41) is 11.1. The molecule has 0 N–H and O–H groups in total. The van der Waals surface area contributed by atoms with E-state index >= 15 is 0 Å². The number of hydrogen-bond acceptors (Lipinski definition) is 4. The lowest BCUT2D eigenvalue weighted by molar-refractivity contribution is -0.386. The summed E-state index contributed by atoms with van der Waals surface area (Å²) in [7, 11) is 0. The van der Waals surface area contributed by atoms with Gasteiger partial charge < -0.3 is 4.74 Å². The van der Waals surface area contributed by atoms with E-state index in [1.807, 2.05) is 0 Å². The Hall–Kier alpha value is -1.43. The van der Waals surface area contributed by atoms with Crippen LogP contribution in [0.1, 0.15) is 42.5 Å². The first kappa shape index (κ1) is 15.0. The number of ether oxygens (including phenoxy) is 1. The second-order valence-electron chi connectivity index (χ2n) is 5.04. The van der Waals surface area contributed by atoms with E-state index in [-0.39, 0.29) is 17.0 Å². The monoisotopic (exact) mass is 341 g/mol. The van der Waals surface area contributed by atoms with Gasteiger partial charge in [-0.05, 0) is 40.8 Å². The van der Waals surface area contributed by atoms with Crippen LogP contribution in [-0.2, 0) is 0 Å². The molecule has 1 saturated carbocycles. The normalized spacial score (nSPS) is 15.8. The molecule has 1 aliphatic carbocycles. The minimum Gasteiger partial charge on any atom is -0.486 e. The number of carbonyl (C=O) groups excluding carboxylic acids is 1. The largest absolute Gasteiger partial charge is 0.486 e. The molecule has 20 heavy (non-hydrogen) atoms. The molecule has 0 heterocycles. The van der Waals surface area contributed by atoms with Crippen molar-refractivity contribution in [2.24, 2.45) is 5.92 Å². The van der Waals surface area contributed by atoms with Gasteiger partial charge in [0.05, 0.1) is 16.0 Å². The number of nitro groups is 1. The Labute approximate surface area is 125 Å². The molecule has 1 fully saturated rings. The minimum atomic E-state index is -0.520. The quantitative estimate of drug-likeness (QED) is 0.458. The first-order chi connectivity index (χ1) is 9.61. The molecule has 0 aromatic heterocycles. The van der Waals surface area contributed by atoms with Gasteiger partial charge in [0, 0.05) is 11.6 Å². The number of benzene rings is 1. The van der Waals surface area contributed by atoms with Crippen LogP contribution in [0.4, 0.5) is 5.69 Å². The van der Waals surface area contributed by atoms with Crippen LogP contribution in [0.3, 0.4) is 0 Å². The molecule has 2 rings (SSSR count). The van der Waals surface area contributed by atoms with Crippen molar-refractivity contribution < 1.29 is 14.5 Å². The van der Waals surface area contributed by atoms with Crippen LogP contribution in [0.25, 0.3) is 0 Å². The number of rotatable bonds is 5. The molecule has 1 aromatic carbocycles. The minimum absolute atomic E-state index is 0.169. The van der Waals surface area contributed by atoms with Crippen molar-refractivity contribution in [1.29, 1.82) is 0 Å². The number of aldehydes is 1. The van der Waals surface area contributed by atoms with Crippen molar-refractivity contribution in [2.45, 2.75) is 32.1 Å². The van der Waals surface area contributed by atoms with Gasteiger partial charge in [-0.25, -0.2) is 0 Å². The van der Waals surface area contributed by atoms with E-state index in [9.17, 15) is 14.9 Å². The summed E-state index contributed by atoms with van der Waals surface area (Å²) in [6.45, 7) is 0.486. The predicted molar refractivity (Wildman–Crippen MR) is 78.3 cm³/mol. The van der Waals surface area contributed by atoms with Crippen molar-refractivity contribution in [3.8, 4) is 5.75 Å². The summed E-state index contributed by atoms with van der Waals surface area (Å²) in [5.74, 6) is 0.673.